The fraction of sp³-hybridized carbons (Fsp3) is 0.231. The molecule has 1 aromatic heterocycles. The number of aryl methyl sites for hydroxylation is 1. The summed E-state index contributed by atoms with van der Waals surface area (Å²) < 4.78 is 1.44. The van der Waals surface area contributed by atoms with Gasteiger partial charge in [-0.2, -0.15) is 0 Å². The predicted molar refractivity (Wildman–Crippen MR) is 73.4 cm³/mol. The summed E-state index contributed by atoms with van der Waals surface area (Å²) in [4.78, 5) is 15.7. The molecule has 0 bridgehead atoms. The standard InChI is InChI=1S/C13H12Cl2N2O/c1-2-9-3-5-10(6-4-9)7-17-8-16-12(15)11(14)13(17)18/h3-6,8H,2,7H2,1H3. The van der Waals surface area contributed by atoms with Crippen molar-refractivity contribution in [2.45, 2.75) is 19.9 Å². The number of hydrogen-bond acceptors (Lipinski definition) is 2. The number of rotatable bonds is 3. The topological polar surface area (TPSA) is 34.9 Å². The van der Waals surface area contributed by atoms with Gasteiger partial charge in [0.2, 0.25) is 0 Å². The summed E-state index contributed by atoms with van der Waals surface area (Å²) in [7, 11) is 0. The van der Waals surface area contributed by atoms with Gasteiger partial charge in [-0.1, -0.05) is 54.4 Å². The molecule has 0 N–H and O–H groups in total. The average molecular weight is 283 g/mol. The lowest BCUT2D eigenvalue weighted by atomic mass is 10.1. The summed E-state index contributed by atoms with van der Waals surface area (Å²) >= 11 is 11.4. The van der Waals surface area contributed by atoms with Crippen LogP contribution in [0.3, 0.4) is 0 Å². The van der Waals surface area contributed by atoms with Crippen molar-refractivity contribution >= 4 is 23.2 Å². The molecule has 0 saturated heterocycles. The van der Waals surface area contributed by atoms with Crippen LogP contribution in [0.15, 0.2) is 35.4 Å². The van der Waals surface area contributed by atoms with Gasteiger partial charge in [0.25, 0.3) is 5.56 Å². The zero-order chi connectivity index (χ0) is 13.1. The lowest BCUT2D eigenvalue weighted by Crippen LogP contribution is -2.21. The summed E-state index contributed by atoms with van der Waals surface area (Å²) in [5, 5.41) is 0.00333. The first kappa shape index (κ1) is 13.1. The van der Waals surface area contributed by atoms with E-state index >= 15 is 0 Å². The Morgan fingerprint density at radius 3 is 2.39 bits per heavy atom. The summed E-state index contributed by atoms with van der Waals surface area (Å²) in [6.45, 7) is 2.54. The summed E-state index contributed by atoms with van der Waals surface area (Å²) in [5.74, 6) is 0. The van der Waals surface area contributed by atoms with Crippen LogP contribution in [0.5, 0.6) is 0 Å². The Kier molecular flexibility index (Phi) is 4.04. The lowest BCUT2D eigenvalue weighted by Gasteiger charge is -2.07. The van der Waals surface area contributed by atoms with E-state index in [1.165, 1.54) is 16.5 Å². The zero-order valence-electron chi connectivity index (χ0n) is 9.86. The van der Waals surface area contributed by atoms with Crippen LogP contribution < -0.4 is 5.56 Å². The molecule has 0 radical (unpaired) electrons. The minimum Gasteiger partial charge on any atom is -0.293 e. The van der Waals surface area contributed by atoms with E-state index in [0.29, 0.717) is 6.54 Å². The highest BCUT2D eigenvalue weighted by Gasteiger charge is 2.07. The third-order valence-corrected chi connectivity index (χ3v) is 3.45. The second-order valence-corrected chi connectivity index (χ2v) is 4.69. The van der Waals surface area contributed by atoms with E-state index in [0.717, 1.165) is 12.0 Å². The SMILES string of the molecule is CCc1ccc(Cn2cnc(Cl)c(Cl)c2=O)cc1. The van der Waals surface area contributed by atoms with Gasteiger partial charge in [-0.25, -0.2) is 4.98 Å². The third kappa shape index (κ3) is 2.74. The maximum absolute atomic E-state index is 11.8. The second-order valence-electron chi connectivity index (χ2n) is 3.95. The van der Waals surface area contributed by atoms with Gasteiger partial charge in [0.15, 0.2) is 5.15 Å². The maximum Gasteiger partial charge on any atom is 0.273 e. The number of hydrogen-bond donors (Lipinski definition) is 0. The molecule has 2 aromatic rings. The first-order valence-electron chi connectivity index (χ1n) is 5.60. The molecule has 0 unspecified atom stereocenters. The summed E-state index contributed by atoms with van der Waals surface area (Å²) in [6.07, 6.45) is 2.40. The highest BCUT2D eigenvalue weighted by Crippen LogP contribution is 2.13. The van der Waals surface area contributed by atoms with Crippen LogP contribution in [0.25, 0.3) is 0 Å². The summed E-state index contributed by atoms with van der Waals surface area (Å²) in [5.41, 5.74) is 1.96. The second kappa shape index (κ2) is 5.55. The quantitative estimate of drug-likeness (QED) is 0.811. The average Bonchev–Trinajstić information content (AvgIpc) is 2.40. The van der Waals surface area contributed by atoms with Crippen molar-refractivity contribution in [1.82, 2.24) is 9.55 Å². The monoisotopic (exact) mass is 282 g/mol. The molecule has 1 heterocycles. The van der Waals surface area contributed by atoms with Crippen LogP contribution in [-0.4, -0.2) is 9.55 Å². The van der Waals surface area contributed by atoms with E-state index in [2.05, 4.69) is 11.9 Å². The Labute approximate surface area is 115 Å². The molecule has 0 aliphatic carbocycles. The molecule has 94 valence electrons. The fourth-order valence-corrected chi connectivity index (χ4v) is 1.92. The Morgan fingerprint density at radius 2 is 1.78 bits per heavy atom. The van der Waals surface area contributed by atoms with Gasteiger partial charge in [-0.15, -0.1) is 0 Å². The van der Waals surface area contributed by atoms with E-state index in [9.17, 15) is 4.79 Å². The zero-order valence-corrected chi connectivity index (χ0v) is 11.4. The third-order valence-electron chi connectivity index (χ3n) is 2.72. The molecular weight excluding hydrogens is 271 g/mol. The van der Waals surface area contributed by atoms with Crippen LogP contribution in [0, 0.1) is 0 Å². The van der Waals surface area contributed by atoms with Crippen LogP contribution in [0.4, 0.5) is 0 Å². The smallest absolute Gasteiger partial charge is 0.273 e. The number of benzene rings is 1. The van der Waals surface area contributed by atoms with Gasteiger partial charge in [0, 0.05) is 0 Å². The van der Waals surface area contributed by atoms with Crippen LogP contribution in [0.2, 0.25) is 10.2 Å². The van der Waals surface area contributed by atoms with E-state index in [1.807, 2.05) is 24.3 Å². The first-order valence-corrected chi connectivity index (χ1v) is 6.35. The van der Waals surface area contributed by atoms with Gasteiger partial charge < -0.3 is 0 Å². The van der Waals surface area contributed by atoms with E-state index < -0.39 is 0 Å². The number of aromatic nitrogens is 2. The molecule has 5 heteroatoms. The Balaban J connectivity index is 2.28. The molecule has 0 atom stereocenters. The molecule has 1 aromatic carbocycles. The largest absolute Gasteiger partial charge is 0.293 e. The van der Waals surface area contributed by atoms with Gasteiger partial charge in [0.1, 0.15) is 5.02 Å². The lowest BCUT2D eigenvalue weighted by molar-refractivity contribution is 0.736. The predicted octanol–water partition coefficient (Wildman–Crippen LogP) is 3.16. The molecule has 0 fully saturated rings. The molecular formula is C13H12Cl2N2O. The van der Waals surface area contributed by atoms with E-state index in [-0.39, 0.29) is 15.7 Å². The van der Waals surface area contributed by atoms with Crippen molar-refractivity contribution in [1.29, 1.82) is 0 Å². The van der Waals surface area contributed by atoms with Crippen LogP contribution >= 0.6 is 23.2 Å². The molecule has 2 rings (SSSR count). The van der Waals surface area contributed by atoms with Crippen molar-refractivity contribution in [3.05, 3.63) is 62.2 Å². The van der Waals surface area contributed by atoms with Crippen LogP contribution in [-0.2, 0) is 13.0 Å². The number of halogens is 2. The highest BCUT2D eigenvalue weighted by atomic mass is 35.5. The Bertz CT molecular complexity index is 605. The Morgan fingerprint density at radius 1 is 1.17 bits per heavy atom. The molecule has 0 aliphatic rings. The minimum absolute atomic E-state index is 0.0376. The van der Waals surface area contributed by atoms with Crippen molar-refractivity contribution in [2.24, 2.45) is 0 Å². The van der Waals surface area contributed by atoms with Gasteiger partial charge in [0.05, 0.1) is 12.9 Å². The molecule has 18 heavy (non-hydrogen) atoms. The minimum atomic E-state index is -0.323. The summed E-state index contributed by atoms with van der Waals surface area (Å²) in [6, 6.07) is 8.08. The van der Waals surface area contributed by atoms with E-state index in [4.69, 9.17) is 23.2 Å². The van der Waals surface area contributed by atoms with E-state index in [1.54, 1.807) is 0 Å². The molecule has 0 aliphatic heterocycles. The van der Waals surface area contributed by atoms with Gasteiger partial charge >= 0.3 is 0 Å². The molecule has 3 nitrogen and oxygen atoms in total. The first-order chi connectivity index (χ1) is 8.61. The van der Waals surface area contributed by atoms with Gasteiger partial charge in [-0.05, 0) is 17.5 Å². The van der Waals surface area contributed by atoms with Crippen molar-refractivity contribution in [3.63, 3.8) is 0 Å². The maximum atomic E-state index is 11.8. The van der Waals surface area contributed by atoms with Crippen LogP contribution in [0.1, 0.15) is 18.1 Å². The molecule has 0 amide bonds. The van der Waals surface area contributed by atoms with Gasteiger partial charge in [-0.3, -0.25) is 9.36 Å². The number of nitrogens with zero attached hydrogens (tertiary/aromatic N) is 2. The van der Waals surface area contributed by atoms with Crippen molar-refractivity contribution in [2.75, 3.05) is 0 Å². The fourth-order valence-electron chi connectivity index (χ4n) is 1.63. The van der Waals surface area contributed by atoms with Crippen molar-refractivity contribution in [3.8, 4) is 0 Å². The Hall–Kier alpha value is -1.32. The normalized spacial score (nSPS) is 10.6. The van der Waals surface area contributed by atoms with Crippen molar-refractivity contribution < 1.29 is 0 Å². The molecule has 0 spiro atoms. The molecule has 0 saturated carbocycles. The highest BCUT2D eigenvalue weighted by molar-refractivity contribution is 6.40.